The van der Waals surface area contributed by atoms with E-state index in [1.165, 1.54) is 0 Å². The highest BCUT2D eigenvalue weighted by atomic mass is 16.4. The molecule has 7 N–H and O–H groups in total. The molecule has 12 nitrogen and oxygen atoms in total. The van der Waals surface area contributed by atoms with Crippen molar-refractivity contribution in [1.29, 1.82) is 0 Å². The van der Waals surface area contributed by atoms with Gasteiger partial charge in [-0.2, -0.15) is 10.1 Å². The summed E-state index contributed by atoms with van der Waals surface area (Å²) in [6.45, 7) is -0.160. The summed E-state index contributed by atoms with van der Waals surface area (Å²) in [5.41, 5.74) is 6.72. The number of amides is 3. The molecule has 0 saturated heterocycles. The molecule has 0 radical (unpaired) electrons. The fourth-order valence-electron chi connectivity index (χ4n) is 4.07. The molecule has 0 unspecified atom stereocenters. The number of carbonyl (C=O) groups excluding carboxylic acids is 1. The molecule has 3 aromatic carbocycles. The van der Waals surface area contributed by atoms with Crippen LogP contribution in [0.3, 0.4) is 0 Å². The molecule has 0 aliphatic rings. The van der Waals surface area contributed by atoms with Gasteiger partial charge in [-0.1, -0.05) is 91.0 Å². The zero-order valence-electron chi connectivity index (χ0n) is 21.6. The maximum Gasteiger partial charge on any atom is 0.432 e. The van der Waals surface area contributed by atoms with E-state index < -0.39 is 17.7 Å². The lowest BCUT2D eigenvalue weighted by Gasteiger charge is -2.38. The minimum Gasteiger partial charge on any atom is -0.465 e. The number of carbonyl (C=O) groups is 3. The summed E-state index contributed by atoms with van der Waals surface area (Å²) in [4.78, 5) is 35.0. The summed E-state index contributed by atoms with van der Waals surface area (Å²) >= 11 is 0. The molecular formula is C28H29N7O5. The number of hydrogen-bond donors (Lipinski definition) is 6. The van der Waals surface area contributed by atoms with E-state index in [4.69, 9.17) is 15.0 Å². The number of hydrogen-bond acceptors (Lipinski definition) is 5. The molecule has 206 valence electrons. The summed E-state index contributed by atoms with van der Waals surface area (Å²) in [5, 5.41) is 29.3. The number of rotatable bonds is 9. The number of benzene rings is 3. The normalized spacial score (nSPS) is 10.7. The average molecular weight is 544 g/mol. The standard InChI is InChI=1S/C27H26N6O3.CH3NO2/c1-33-25(23(17-30-33)31-24(34)18-28-19-29-26(35)36)32-27(20-11-5-2-6-12-20,21-13-7-3-8-14-21)22-15-9-4-10-16-22;2-1(3)4/h2-17,19,32H,18H2,1H3,(H,28,29)(H,31,34)(H,35,36);2H2,(H,3,4). The van der Waals surface area contributed by atoms with Crippen LogP contribution in [0.15, 0.2) is 102 Å². The van der Waals surface area contributed by atoms with Gasteiger partial charge < -0.3 is 31.9 Å². The zero-order chi connectivity index (χ0) is 29.0. The zero-order valence-corrected chi connectivity index (χ0v) is 21.6. The van der Waals surface area contributed by atoms with Crippen LogP contribution in [0.4, 0.5) is 21.1 Å². The third-order valence-electron chi connectivity index (χ3n) is 5.67. The van der Waals surface area contributed by atoms with Crippen molar-refractivity contribution in [3.63, 3.8) is 0 Å². The van der Waals surface area contributed by atoms with Crippen LogP contribution in [-0.4, -0.2) is 51.0 Å². The summed E-state index contributed by atoms with van der Waals surface area (Å²) in [6, 6.07) is 30.3. The predicted molar refractivity (Wildman–Crippen MR) is 151 cm³/mol. The van der Waals surface area contributed by atoms with Crippen LogP contribution in [0.25, 0.3) is 0 Å². The Morgan fingerprint density at radius 1 is 0.900 bits per heavy atom. The minimum absolute atomic E-state index is 0.160. The van der Waals surface area contributed by atoms with Crippen molar-refractivity contribution in [2.24, 2.45) is 17.8 Å². The Kier molecular flexibility index (Phi) is 9.95. The van der Waals surface area contributed by atoms with Crippen LogP contribution >= 0.6 is 0 Å². The van der Waals surface area contributed by atoms with Gasteiger partial charge in [0.2, 0.25) is 5.91 Å². The third kappa shape index (κ3) is 7.44. The highest BCUT2D eigenvalue weighted by molar-refractivity contribution is 5.96. The molecule has 1 heterocycles. The van der Waals surface area contributed by atoms with Crippen molar-refractivity contribution in [2.75, 3.05) is 17.2 Å². The second kappa shape index (κ2) is 13.8. The predicted octanol–water partition coefficient (Wildman–Crippen LogP) is 3.68. The number of nitrogens with one attached hydrogen (secondary N) is 3. The second-order valence-corrected chi connectivity index (χ2v) is 8.31. The first-order chi connectivity index (χ1) is 19.2. The summed E-state index contributed by atoms with van der Waals surface area (Å²) < 4.78 is 1.67. The Labute approximate surface area is 230 Å². The van der Waals surface area contributed by atoms with E-state index in [9.17, 15) is 9.59 Å². The number of aryl methyl sites for hydroxylation is 1. The van der Waals surface area contributed by atoms with E-state index in [1.807, 2.05) is 54.6 Å². The molecule has 0 spiro atoms. The quantitative estimate of drug-likeness (QED) is 0.105. The largest absolute Gasteiger partial charge is 0.465 e. The highest BCUT2D eigenvalue weighted by Crippen LogP contribution is 2.41. The van der Waals surface area contributed by atoms with Gasteiger partial charge >= 0.3 is 12.2 Å². The molecule has 12 heteroatoms. The van der Waals surface area contributed by atoms with E-state index in [1.54, 1.807) is 17.9 Å². The smallest absolute Gasteiger partial charge is 0.432 e. The molecule has 0 bridgehead atoms. The van der Waals surface area contributed by atoms with Crippen molar-refractivity contribution in [3.8, 4) is 0 Å². The van der Waals surface area contributed by atoms with Crippen molar-refractivity contribution in [1.82, 2.24) is 15.1 Å². The van der Waals surface area contributed by atoms with E-state index in [0.717, 1.165) is 23.0 Å². The Morgan fingerprint density at radius 3 is 1.77 bits per heavy atom. The first-order valence-corrected chi connectivity index (χ1v) is 12.0. The van der Waals surface area contributed by atoms with E-state index >= 15 is 0 Å². The van der Waals surface area contributed by atoms with Crippen LogP contribution in [-0.2, 0) is 17.4 Å². The molecule has 4 rings (SSSR count). The topological polar surface area (TPSA) is 184 Å². The Hall–Kier alpha value is -5.65. The molecule has 0 saturated carbocycles. The van der Waals surface area contributed by atoms with Crippen molar-refractivity contribution < 1.29 is 24.6 Å². The van der Waals surface area contributed by atoms with Crippen LogP contribution in [0.5, 0.6) is 0 Å². The van der Waals surface area contributed by atoms with E-state index in [2.05, 4.69) is 68.2 Å². The van der Waals surface area contributed by atoms with Crippen LogP contribution in [0.2, 0.25) is 0 Å². The van der Waals surface area contributed by atoms with Crippen molar-refractivity contribution in [3.05, 3.63) is 114 Å². The Bertz CT molecular complexity index is 1340. The van der Waals surface area contributed by atoms with Gasteiger partial charge in [-0.3, -0.25) is 9.48 Å². The molecule has 0 fully saturated rings. The molecule has 4 aromatic rings. The number of aromatic nitrogens is 2. The van der Waals surface area contributed by atoms with Crippen LogP contribution in [0, 0.1) is 0 Å². The van der Waals surface area contributed by atoms with Gasteiger partial charge in [0.1, 0.15) is 17.0 Å². The first kappa shape index (κ1) is 28.9. The first-order valence-electron chi connectivity index (χ1n) is 12.0. The fourth-order valence-corrected chi connectivity index (χ4v) is 4.07. The summed E-state index contributed by atoms with van der Waals surface area (Å²) in [7, 11) is 1.79. The number of nitrogens with two attached hydrogens (primary N) is 1. The van der Waals surface area contributed by atoms with Gasteiger partial charge in [-0.25, -0.2) is 9.59 Å². The third-order valence-corrected chi connectivity index (χ3v) is 5.67. The maximum atomic E-state index is 12.5. The van der Waals surface area contributed by atoms with Gasteiger partial charge in [-0.15, -0.1) is 0 Å². The molecule has 40 heavy (non-hydrogen) atoms. The summed E-state index contributed by atoms with van der Waals surface area (Å²) in [6.07, 6.45) is -0.145. The Morgan fingerprint density at radius 2 is 1.35 bits per heavy atom. The van der Waals surface area contributed by atoms with E-state index in [-0.39, 0.29) is 12.5 Å². The second-order valence-electron chi connectivity index (χ2n) is 8.31. The maximum absolute atomic E-state index is 12.5. The molecule has 0 atom stereocenters. The average Bonchev–Trinajstić information content (AvgIpc) is 3.28. The van der Waals surface area contributed by atoms with Gasteiger partial charge in [0.15, 0.2) is 0 Å². The number of anilines is 2. The van der Waals surface area contributed by atoms with Gasteiger partial charge in [0.05, 0.1) is 19.1 Å². The molecule has 1 aromatic heterocycles. The number of nitrogens with zero attached hydrogens (tertiary/aromatic N) is 3. The molecule has 3 amide bonds. The summed E-state index contributed by atoms with van der Waals surface area (Å²) in [5.74, 6) is 0.215. The molecule has 0 aliphatic heterocycles. The SMILES string of the molecule is Cn1ncc(NC(=O)CNC=NC(=O)O)c1NC(c1ccccc1)(c1ccccc1)c1ccccc1.NC(=O)O. The van der Waals surface area contributed by atoms with Crippen molar-refractivity contribution in [2.45, 2.75) is 5.54 Å². The highest BCUT2D eigenvalue weighted by Gasteiger charge is 2.37. The number of carboxylic acid groups (broad SMARTS) is 2. The lowest BCUT2D eigenvalue weighted by molar-refractivity contribution is -0.115. The van der Waals surface area contributed by atoms with Gasteiger partial charge in [0, 0.05) is 7.05 Å². The van der Waals surface area contributed by atoms with Crippen LogP contribution in [0.1, 0.15) is 16.7 Å². The van der Waals surface area contributed by atoms with E-state index in [0.29, 0.717) is 11.5 Å². The lowest BCUT2D eigenvalue weighted by atomic mass is 9.77. The van der Waals surface area contributed by atoms with Gasteiger partial charge in [0.25, 0.3) is 0 Å². The molecular weight excluding hydrogens is 514 g/mol. The van der Waals surface area contributed by atoms with Crippen LogP contribution < -0.4 is 21.7 Å². The Balaban J connectivity index is 0.00000103. The van der Waals surface area contributed by atoms with Gasteiger partial charge in [-0.05, 0) is 16.7 Å². The fraction of sp³-hybridized carbons (Fsp3) is 0.107. The number of aliphatic imine (C=N–C) groups is 1. The minimum atomic E-state index is -1.35. The number of primary amides is 1. The van der Waals surface area contributed by atoms with Crippen molar-refractivity contribution >= 4 is 35.9 Å². The lowest BCUT2D eigenvalue weighted by Crippen LogP contribution is -2.39. The molecule has 0 aliphatic carbocycles. The monoisotopic (exact) mass is 543 g/mol.